The number of carbonyl (C=O) groups excluding carboxylic acids is 1. The Bertz CT molecular complexity index is 1050. The summed E-state index contributed by atoms with van der Waals surface area (Å²) in [5.41, 5.74) is 7.69. The number of aryl methyl sites for hydroxylation is 1. The van der Waals surface area contributed by atoms with E-state index in [9.17, 15) is 4.79 Å². The van der Waals surface area contributed by atoms with Crippen molar-refractivity contribution in [3.63, 3.8) is 0 Å². The van der Waals surface area contributed by atoms with Crippen molar-refractivity contribution in [2.75, 3.05) is 13.1 Å². The molecule has 2 aromatic heterocycles. The second-order valence-electron chi connectivity index (χ2n) is 8.47. The number of piperidine rings is 1. The molecule has 0 saturated carbocycles. The van der Waals surface area contributed by atoms with E-state index in [1.165, 1.54) is 24.4 Å². The lowest BCUT2D eigenvalue weighted by Gasteiger charge is -2.32. The summed E-state index contributed by atoms with van der Waals surface area (Å²) in [6, 6.07) is 8.00. The molecular weight excluding hydrogens is 378 g/mol. The minimum absolute atomic E-state index is 0.184. The van der Waals surface area contributed by atoms with Crippen LogP contribution in [0.5, 0.6) is 5.75 Å². The summed E-state index contributed by atoms with van der Waals surface area (Å²) in [5.74, 6) is 1.80. The number of hydrogen-bond acceptors (Lipinski definition) is 4. The van der Waals surface area contributed by atoms with Gasteiger partial charge in [-0.2, -0.15) is 0 Å². The molecule has 5 rings (SSSR count). The summed E-state index contributed by atoms with van der Waals surface area (Å²) < 4.78 is 10.7. The standard InChI is InChI=1S/C23H29N5O2/c24-22(29)16-27-13-9-19-20(27)4-3-5-21(19)30-18-7-11-26(12-8-18)15-17-14-25-23-6-1-2-10-28(17)23/h3-5,9,13-14,18H,1-2,6-8,10-12,15-16H2,(H2,24,29). The van der Waals surface area contributed by atoms with Gasteiger partial charge in [-0.05, 0) is 43.9 Å². The molecule has 0 bridgehead atoms. The SMILES string of the molecule is NC(=O)Cn1ccc2c(OC3CCN(Cc4cnc5n4CCCC5)CC3)cccc21. The summed E-state index contributed by atoms with van der Waals surface area (Å²) in [7, 11) is 0. The van der Waals surface area contributed by atoms with Gasteiger partial charge in [0.2, 0.25) is 5.91 Å². The van der Waals surface area contributed by atoms with E-state index >= 15 is 0 Å². The van der Waals surface area contributed by atoms with Gasteiger partial charge in [-0.15, -0.1) is 0 Å². The lowest BCUT2D eigenvalue weighted by Crippen LogP contribution is -2.38. The number of ether oxygens (including phenoxy) is 1. The predicted molar refractivity (Wildman–Crippen MR) is 115 cm³/mol. The minimum atomic E-state index is -0.342. The number of imidazole rings is 1. The normalized spacial score (nSPS) is 17.9. The maximum Gasteiger partial charge on any atom is 0.237 e. The average molecular weight is 408 g/mol. The van der Waals surface area contributed by atoms with Crippen LogP contribution in [0.4, 0.5) is 0 Å². The van der Waals surface area contributed by atoms with Gasteiger partial charge < -0.3 is 19.6 Å². The van der Waals surface area contributed by atoms with Gasteiger partial charge >= 0.3 is 0 Å². The number of aromatic nitrogens is 3. The van der Waals surface area contributed by atoms with Crippen LogP contribution in [0, 0.1) is 0 Å². The number of rotatable bonds is 6. The number of fused-ring (bicyclic) bond motifs is 2. The van der Waals surface area contributed by atoms with Crippen LogP contribution in [0.3, 0.4) is 0 Å². The third kappa shape index (κ3) is 3.81. The Labute approximate surface area is 176 Å². The van der Waals surface area contributed by atoms with Crippen molar-refractivity contribution in [3.05, 3.63) is 48.2 Å². The Hall–Kier alpha value is -2.80. The van der Waals surface area contributed by atoms with E-state index in [1.807, 2.05) is 35.0 Å². The molecule has 0 aliphatic carbocycles. The van der Waals surface area contributed by atoms with Crippen molar-refractivity contribution < 1.29 is 9.53 Å². The molecule has 30 heavy (non-hydrogen) atoms. The Morgan fingerprint density at radius 1 is 1.17 bits per heavy atom. The topological polar surface area (TPSA) is 78.3 Å². The quantitative estimate of drug-likeness (QED) is 0.681. The molecule has 1 fully saturated rings. The summed E-state index contributed by atoms with van der Waals surface area (Å²) >= 11 is 0. The van der Waals surface area contributed by atoms with Gasteiger partial charge in [-0.3, -0.25) is 9.69 Å². The van der Waals surface area contributed by atoms with Crippen LogP contribution in [0.1, 0.15) is 37.2 Å². The number of amides is 1. The van der Waals surface area contributed by atoms with Gasteiger partial charge in [0, 0.05) is 50.4 Å². The fraction of sp³-hybridized carbons (Fsp3) is 0.478. The smallest absolute Gasteiger partial charge is 0.237 e. The van der Waals surface area contributed by atoms with Crippen LogP contribution in [-0.4, -0.2) is 44.1 Å². The van der Waals surface area contributed by atoms with E-state index in [2.05, 4.69) is 20.6 Å². The van der Waals surface area contributed by atoms with E-state index in [0.717, 1.165) is 62.1 Å². The first-order valence-electron chi connectivity index (χ1n) is 11.0. The molecule has 7 nitrogen and oxygen atoms in total. The highest BCUT2D eigenvalue weighted by molar-refractivity contribution is 5.87. The molecule has 0 unspecified atom stereocenters. The first-order chi connectivity index (χ1) is 14.7. The summed E-state index contributed by atoms with van der Waals surface area (Å²) in [5, 5.41) is 1.03. The van der Waals surface area contributed by atoms with E-state index in [0.29, 0.717) is 0 Å². The molecule has 4 heterocycles. The second-order valence-corrected chi connectivity index (χ2v) is 8.47. The number of carbonyl (C=O) groups is 1. The zero-order valence-corrected chi connectivity index (χ0v) is 17.3. The first kappa shape index (κ1) is 19.2. The molecule has 0 spiro atoms. The molecular formula is C23H29N5O2. The molecule has 3 aromatic rings. The molecule has 1 saturated heterocycles. The molecule has 2 aliphatic rings. The van der Waals surface area contributed by atoms with Crippen LogP contribution in [0.2, 0.25) is 0 Å². The number of nitrogens with two attached hydrogens (primary N) is 1. The van der Waals surface area contributed by atoms with Gasteiger partial charge in [-0.25, -0.2) is 4.98 Å². The highest BCUT2D eigenvalue weighted by Gasteiger charge is 2.23. The number of benzene rings is 1. The van der Waals surface area contributed by atoms with Crippen molar-refractivity contribution in [2.45, 2.75) is 57.8 Å². The second kappa shape index (κ2) is 8.14. The van der Waals surface area contributed by atoms with Crippen molar-refractivity contribution in [1.82, 2.24) is 19.0 Å². The van der Waals surface area contributed by atoms with Gasteiger partial charge in [0.15, 0.2) is 0 Å². The maximum atomic E-state index is 11.3. The Balaban J connectivity index is 1.21. The Kier molecular flexibility index (Phi) is 5.21. The van der Waals surface area contributed by atoms with Crippen molar-refractivity contribution in [1.29, 1.82) is 0 Å². The van der Waals surface area contributed by atoms with Crippen molar-refractivity contribution in [2.24, 2.45) is 5.73 Å². The molecule has 0 atom stereocenters. The van der Waals surface area contributed by atoms with E-state index in [-0.39, 0.29) is 18.6 Å². The van der Waals surface area contributed by atoms with Crippen molar-refractivity contribution >= 4 is 16.8 Å². The average Bonchev–Trinajstić information content (AvgIpc) is 3.34. The van der Waals surface area contributed by atoms with Gasteiger partial charge in [0.1, 0.15) is 24.2 Å². The third-order valence-corrected chi connectivity index (χ3v) is 6.37. The Morgan fingerprint density at radius 3 is 2.87 bits per heavy atom. The lowest BCUT2D eigenvalue weighted by atomic mass is 10.1. The summed E-state index contributed by atoms with van der Waals surface area (Å²) in [4.78, 5) is 18.4. The van der Waals surface area contributed by atoms with E-state index in [4.69, 9.17) is 10.5 Å². The van der Waals surface area contributed by atoms with Gasteiger partial charge in [0.05, 0.1) is 11.2 Å². The summed E-state index contributed by atoms with van der Waals surface area (Å²) in [6.45, 7) is 4.34. The van der Waals surface area contributed by atoms with Crippen LogP contribution in [0.15, 0.2) is 36.7 Å². The fourth-order valence-corrected chi connectivity index (χ4v) is 4.80. The number of nitrogens with zero attached hydrogens (tertiary/aromatic N) is 4. The summed E-state index contributed by atoms with van der Waals surface area (Å²) in [6.07, 6.45) is 9.85. The lowest BCUT2D eigenvalue weighted by molar-refractivity contribution is -0.118. The zero-order valence-electron chi connectivity index (χ0n) is 17.3. The molecule has 1 aromatic carbocycles. The van der Waals surface area contributed by atoms with E-state index in [1.54, 1.807) is 0 Å². The largest absolute Gasteiger partial charge is 0.490 e. The number of primary amides is 1. The zero-order chi connectivity index (χ0) is 20.5. The molecule has 158 valence electrons. The number of hydrogen-bond donors (Lipinski definition) is 1. The molecule has 2 N–H and O–H groups in total. The third-order valence-electron chi connectivity index (χ3n) is 6.37. The van der Waals surface area contributed by atoms with Gasteiger partial charge in [0.25, 0.3) is 0 Å². The molecule has 1 amide bonds. The van der Waals surface area contributed by atoms with Gasteiger partial charge in [-0.1, -0.05) is 6.07 Å². The highest BCUT2D eigenvalue weighted by atomic mass is 16.5. The van der Waals surface area contributed by atoms with Crippen LogP contribution < -0.4 is 10.5 Å². The minimum Gasteiger partial charge on any atom is -0.490 e. The molecule has 7 heteroatoms. The van der Waals surface area contributed by atoms with E-state index < -0.39 is 0 Å². The first-order valence-corrected chi connectivity index (χ1v) is 11.0. The monoisotopic (exact) mass is 407 g/mol. The van der Waals surface area contributed by atoms with Crippen LogP contribution in [-0.2, 0) is 30.8 Å². The predicted octanol–water partition coefficient (Wildman–Crippen LogP) is 2.70. The van der Waals surface area contributed by atoms with Crippen LogP contribution in [0.25, 0.3) is 10.9 Å². The number of likely N-dealkylation sites (tertiary alicyclic amines) is 1. The highest BCUT2D eigenvalue weighted by Crippen LogP contribution is 2.29. The maximum absolute atomic E-state index is 11.3. The molecule has 0 radical (unpaired) electrons. The Morgan fingerprint density at radius 2 is 2.03 bits per heavy atom. The molecule has 2 aliphatic heterocycles. The fourth-order valence-electron chi connectivity index (χ4n) is 4.80. The van der Waals surface area contributed by atoms with Crippen LogP contribution >= 0.6 is 0 Å². The van der Waals surface area contributed by atoms with Crippen molar-refractivity contribution in [3.8, 4) is 5.75 Å².